The number of carbonyl (C=O) groups is 3. The van der Waals surface area contributed by atoms with E-state index in [4.69, 9.17) is 4.74 Å². The van der Waals surface area contributed by atoms with Crippen molar-refractivity contribution in [2.24, 2.45) is 17.8 Å². The number of fused-ring (bicyclic) bond motifs is 5. The standard InChI is InChI=1S/C32H40BrN5O6/c1-16(2)12-23-29(40)36-11-7-10-25(36)32(42)37(23)30(41)31(44-32,17(3)4)35-28(39)18-13-20-19-8-6-9-22-26(19)21(27(33)34-22)14-24(20)38(5,43)15-18/h6,8-9,13,16-18,23-25,34,42H,7,10-12,14-15H2,1-5H3,(H,35,39)/t18-,23+,24-,25+,31-,32+,38?/m1/s1. The Kier molecular flexibility index (Phi) is 6.71. The van der Waals surface area contributed by atoms with Crippen LogP contribution in [-0.4, -0.2) is 92.2 Å². The highest BCUT2D eigenvalue weighted by Gasteiger charge is 2.72. The summed E-state index contributed by atoms with van der Waals surface area (Å²) >= 11 is 3.63. The van der Waals surface area contributed by atoms with Crippen molar-refractivity contribution >= 4 is 50.1 Å². The number of aromatic amines is 1. The molecule has 0 saturated carbocycles. The summed E-state index contributed by atoms with van der Waals surface area (Å²) in [5, 5.41) is 30.2. The molecule has 11 nitrogen and oxygen atoms in total. The number of halogens is 1. The molecule has 4 aliphatic heterocycles. The fourth-order valence-corrected chi connectivity index (χ4v) is 8.90. The van der Waals surface area contributed by atoms with E-state index in [-0.39, 0.29) is 18.4 Å². The van der Waals surface area contributed by atoms with Gasteiger partial charge in [-0.1, -0.05) is 45.9 Å². The Morgan fingerprint density at radius 2 is 2.05 bits per heavy atom. The van der Waals surface area contributed by atoms with Crippen molar-refractivity contribution in [3.05, 3.63) is 45.2 Å². The molecule has 1 aromatic heterocycles. The molecule has 3 fully saturated rings. The van der Waals surface area contributed by atoms with Crippen LogP contribution in [-0.2, 0) is 25.5 Å². The van der Waals surface area contributed by atoms with E-state index in [0.29, 0.717) is 32.2 Å². The highest BCUT2D eigenvalue weighted by molar-refractivity contribution is 9.10. The fraction of sp³-hybridized carbons (Fsp3) is 0.594. The summed E-state index contributed by atoms with van der Waals surface area (Å²) in [5.74, 6) is -4.78. The predicted octanol–water partition coefficient (Wildman–Crippen LogP) is 3.21. The van der Waals surface area contributed by atoms with Crippen molar-refractivity contribution in [2.45, 2.75) is 83.1 Å². The van der Waals surface area contributed by atoms with Crippen LogP contribution in [0.4, 0.5) is 0 Å². The Hall–Kier alpha value is -2.77. The van der Waals surface area contributed by atoms with Crippen LogP contribution in [0.1, 0.15) is 58.1 Å². The lowest BCUT2D eigenvalue weighted by Gasteiger charge is -2.51. The summed E-state index contributed by atoms with van der Waals surface area (Å²) < 4.78 is 6.60. The molecule has 5 aliphatic rings. The van der Waals surface area contributed by atoms with Crippen molar-refractivity contribution < 1.29 is 28.9 Å². The largest absolute Gasteiger partial charge is 0.633 e. The Balaban J connectivity index is 1.27. The zero-order valence-electron chi connectivity index (χ0n) is 25.7. The summed E-state index contributed by atoms with van der Waals surface area (Å²) in [4.78, 5) is 48.5. The van der Waals surface area contributed by atoms with E-state index in [2.05, 4.69) is 26.2 Å². The maximum absolute atomic E-state index is 14.4. The third-order valence-corrected chi connectivity index (χ3v) is 11.1. The number of aromatic nitrogens is 1. The zero-order valence-corrected chi connectivity index (χ0v) is 27.3. The number of carbonyl (C=O) groups excluding carboxylic acids is 3. The van der Waals surface area contributed by atoms with Crippen LogP contribution in [0, 0.1) is 23.0 Å². The molecule has 1 unspecified atom stereocenters. The lowest BCUT2D eigenvalue weighted by atomic mass is 9.79. The third-order valence-electron chi connectivity index (χ3n) is 10.5. The van der Waals surface area contributed by atoms with Crippen molar-refractivity contribution in [2.75, 3.05) is 20.1 Å². The second-order valence-electron chi connectivity index (χ2n) is 14.1. The van der Waals surface area contributed by atoms with Gasteiger partial charge in [0.2, 0.25) is 17.5 Å². The third kappa shape index (κ3) is 4.03. The molecule has 3 N–H and O–H groups in total. The van der Waals surface area contributed by atoms with Gasteiger partial charge in [0, 0.05) is 35.4 Å². The first-order chi connectivity index (χ1) is 20.7. The van der Waals surface area contributed by atoms with Gasteiger partial charge < -0.3 is 30.2 Å². The Morgan fingerprint density at radius 1 is 1.30 bits per heavy atom. The highest BCUT2D eigenvalue weighted by atomic mass is 79.9. The lowest BCUT2D eigenvalue weighted by Crippen LogP contribution is -2.71. The second-order valence-corrected chi connectivity index (χ2v) is 14.9. The Morgan fingerprint density at radius 3 is 2.75 bits per heavy atom. The molecule has 3 amide bonds. The second kappa shape index (κ2) is 9.86. The van der Waals surface area contributed by atoms with Crippen LogP contribution in [0.15, 0.2) is 28.9 Å². The number of quaternary nitrogens is 1. The number of hydrogen-bond donors (Lipinski definition) is 3. The number of nitrogens with zero attached hydrogens (tertiary/aromatic N) is 3. The SMILES string of the molecule is CC(C)C[C@H]1C(=O)N2CCC[C@H]2[C@]2(O)O[C@](NC(=O)[C@@H]3C=C4c5cccc6[nH]c(Br)c(c56)C[C@H]4[N+](C)([O-])C3)(C(C)C)C(=O)N12. The van der Waals surface area contributed by atoms with E-state index in [1.54, 1.807) is 25.8 Å². The van der Waals surface area contributed by atoms with Gasteiger partial charge in [-0.15, -0.1) is 0 Å². The molecule has 0 spiro atoms. The molecular weight excluding hydrogens is 630 g/mol. The van der Waals surface area contributed by atoms with Gasteiger partial charge in [-0.25, -0.2) is 0 Å². The molecule has 7 rings (SSSR count). The van der Waals surface area contributed by atoms with E-state index in [1.165, 1.54) is 4.90 Å². The summed E-state index contributed by atoms with van der Waals surface area (Å²) in [6.45, 7) is 7.89. The summed E-state index contributed by atoms with van der Waals surface area (Å²) in [5.41, 5.74) is 1.84. The number of likely N-dealkylation sites (N-methyl/N-ethyl adjacent to an activating group) is 1. The number of nitrogens with one attached hydrogen (secondary N) is 2. The van der Waals surface area contributed by atoms with E-state index >= 15 is 0 Å². The lowest BCUT2D eigenvalue weighted by molar-refractivity contribution is -0.880. The van der Waals surface area contributed by atoms with Crippen molar-refractivity contribution in [3.8, 4) is 0 Å². The molecule has 44 heavy (non-hydrogen) atoms. The molecule has 1 aliphatic carbocycles. The maximum atomic E-state index is 14.4. The number of hydrogen-bond acceptors (Lipinski definition) is 6. The van der Waals surface area contributed by atoms with Gasteiger partial charge in [0.25, 0.3) is 11.8 Å². The number of ether oxygens (including phenoxy) is 1. The van der Waals surface area contributed by atoms with Crippen LogP contribution < -0.4 is 5.32 Å². The van der Waals surface area contributed by atoms with Crippen LogP contribution in [0.25, 0.3) is 16.5 Å². The van der Waals surface area contributed by atoms with Crippen LogP contribution in [0.2, 0.25) is 0 Å². The predicted molar refractivity (Wildman–Crippen MR) is 166 cm³/mol. The average Bonchev–Trinajstić information content (AvgIpc) is 3.62. The van der Waals surface area contributed by atoms with Gasteiger partial charge in [-0.2, -0.15) is 0 Å². The number of rotatable bonds is 5. The van der Waals surface area contributed by atoms with E-state index in [1.807, 2.05) is 38.1 Å². The zero-order chi connectivity index (χ0) is 31.5. The minimum absolute atomic E-state index is 0.0193. The minimum Gasteiger partial charge on any atom is -0.633 e. The van der Waals surface area contributed by atoms with Gasteiger partial charge in [0.15, 0.2) is 0 Å². The number of H-pyrrole nitrogens is 1. The average molecular weight is 671 g/mol. The van der Waals surface area contributed by atoms with Gasteiger partial charge >= 0.3 is 0 Å². The van der Waals surface area contributed by atoms with E-state index < -0.39 is 58.1 Å². The number of benzene rings is 1. The Labute approximate surface area is 264 Å². The molecule has 5 heterocycles. The van der Waals surface area contributed by atoms with Crippen molar-refractivity contribution in [3.63, 3.8) is 0 Å². The monoisotopic (exact) mass is 669 g/mol. The van der Waals surface area contributed by atoms with Gasteiger partial charge in [0.05, 0.1) is 18.2 Å². The first-order valence-corrected chi connectivity index (χ1v) is 16.4. The highest BCUT2D eigenvalue weighted by Crippen LogP contribution is 2.49. The molecular formula is C32H40BrN5O6. The molecule has 3 saturated heterocycles. The summed E-state index contributed by atoms with van der Waals surface area (Å²) in [6.07, 6.45) is 3.92. The summed E-state index contributed by atoms with van der Waals surface area (Å²) in [7, 11) is 1.60. The molecule has 0 radical (unpaired) electrons. The molecule has 0 bridgehead atoms. The van der Waals surface area contributed by atoms with E-state index in [0.717, 1.165) is 32.2 Å². The normalized spacial score (nSPS) is 36.2. The first-order valence-electron chi connectivity index (χ1n) is 15.7. The van der Waals surface area contributed by atoms with Crippen LogP contribution in [0.5, 0.6) is 0 Å². The molecule has 12 heteroatoms. The van der Waals surface area contributed by atoms with Gasteiger partial charge in [0.1, 0.15) is 24.0 Å². The van der Waals surface area contributed by atoms with Crippen LogP contribution >= 0.6 is 15.9 Å². The molecule has 236 valence electrons. The molecule has 1 aromatic carbocycles. The maximum Gasteiger partial charge on any atom is 0.281 e. The van der Waals surface area contributed by atoms with Gasteiger partial charge in [-0.05, 0) is 58.3 Å². The molecule has 2 aromatic rings. The topological polar surface area (TPSA) is 138 Å². The number of amides is 3. The fourth-order valence-electron chi connectivity index (χ4n) is 8.32. The number of piperazine rings is 1. The summed E-state index contributed by atoms with van der Waals surface area (Å²) in [6, 6.07) is 3.88. The Bertz CT molecular complexity index is 1620. The first kappa shape index (κ1) is 29.9. The van der Waals surface area contributed by atoms with E-state index in [9.17, 15) is 24.7 Å². The quantitative estimate of drug-likeness (QED) is 0.330. The van der Waals surface area contributed by atoms with Crippen molar-refractivity contribution in [1.29, 1.82) is 0 Å². The molecule has 7 atom stereocenters. The number of aliphatic hydroxyl groups is 1. The number of hydroxylamine groups is 3. The smallest absolute Gasteiger partial charge is 0.281 e. The van der Waals surface area contributed by atoms with Crippen molar-refractivity contribution in [1.82, 2.24) is 20.1 Å². The minimum atomic E-state index is -2.07. The van der Waals surface area contributed by atoms with Gasteiger partial charge in [-0.3, -0.25) is 24.0 Å². The van der Waals surface area contributed by atoms with Crippen LogP contribution in [0.3, 0.4) is 0 Å².